The third kappa shape index (κ3) is 4.29. The van der Waals surface area contributed by atoms with Gasteiger partial charge in [0, 0.05) is 6.07 Å². The highest BCUT2D eigenvalue weighted by molar-refractivity contribution is 6.39. The van der Waals surface area contributed by atoms with Gasteiger partial charge in [-0.05, 0) is 18.6 Å². The number of carbonyl (C=O) groups is 2. The van der Waals surface area contributed by atoms with Crippen LogP contribution in [0.5, 0.6) is 0 Å². The largest absolute Gasteiger partial charge is 0.394 e. The Labute approximate surface area is 108 Å². The van der Waals surface area contributed by atoms with E-state index in [-0.39, 0.29) is 12.3 Å². The van der Waals surface area contributed by atoms with Crippen LogP contribution in [0, 0.1) is 11.6 Å². The first-order valence-corrected chi connectivity index (χ1v) is 5.65. The zero-order chi connectivity index (χ0) is 14.4. The molecule has 0 heterocycles. The van der Waals surface area contributed by atoms with Crippen molar-refractivity contribution in [2.75, 3.05) is 11.9 Å². The lowest BCUT2D eigenvalue weighted by atomic mass is 10.2. The number of aliphatic hydroxyl groups excluding tert-OH is 1. The number of aliphatic hydroxyl groups is 1. The first-order chi connectivity index (χ1) is 8.97. The summed E-state index contributed by atoms with van der Waals surface area (Å²) in [6, 6.07) is 2.02. The highest BCUT2D eigenvalue weighted by atomic mass is 19.1. The van der Waals surface area contributed by atoms with E-state index < -0.39 is 29.5 Å². The number of hydrogen-bond acceptors (Lipinski definition) is 3. The lowest BCUT2D eigenvalue weighted by Crippen LogP contribution is -2.43. The molecular weight excluding hydrogens is 258 g/mol. The standard InChI is InChI=1S/C12H14F2N2O3/c1-2-8(6-17)15-11(18)12(19)16-10-4-3-7(13)5-9(10)14/h3-5,8,17H,2,6H2,1H3,(H,15,18)(H,16,19)/t8-/m0/s1. The van der Waals surface area contributed by atoms with Crippen molar-refractivity contribution in [2.24, 2.45) is 0 Å². The van der Waals surface area contributed by atoms with Gasteiger partial charge in [0.25, 0.3) is 0 Å². The van der Waals surface area contributed by atoms with Gasteiger partial charge in [0.15, 0.2) is 0 Å². The van der Waals surface area contributed by atoms with Crippen LogP contribution in [0.2, 0.25) is 0 Å². The number of rotatable bonds is 4. The average molecular weight is 272 g/mol. The van der Waals surface area contributed by atoms with Crippen molar-refractivity contribution in [3.63, 3.8) is 0 Å². The topological polar surface area (TPSA) is 78.4 Å². The molecule has 7 heteroatoms. The van der Waals surface area contributed by atoms with Gasteiger partial charge in [-0.15, -0.1) is 0 Å². The van der Waals surface area contributed by atoms with Crippen LogP contribution in [0.3, 0.4) is 0 Å². The average Bonchev–Trinajstić information content (AvgIpc) is 2.38. The van der Waals surface area contributed by atoms with Gasteiger partial charge in [0.2, 0.25) is 0 Å². The molecular formula is C12H14F2N2O3. The van der Waals surface area contributed by atoms with Gasteiger partial charge in [-0.1, -0.05) is 6.92 Å². The van der Waals surface area contributed by atoms with Crippen molar-refractivity contribution in [3.8, 4) is 0 Å². The summed E-state index contributed by atoms with van der Waals surface area (Å²) < 4.78 is 25.9. The minimum absolute atomic E-state index is 0.293. The molecule has 1 rings (SSSR count). The van der Waals surface area contributed by atoms with Gasteiger partial charge >= 0.3 is 11.8 Å². The summed E-state index contributed by atoms with van der Waals surface area (Å²) in [6.45, 7) is 1.42. The third-order valence-corrected chi connectivity index (χ3v) is 2.43. The molecule has 5 nitrogen and oxygen atoms in total. The van der Waals surface area contributed by atoms with Gasteiger partial charge in [-0.3, -0.25) is 9.59 Å². The smallest absolute Gasteiger partial charge is 0.313 e. The number of amides is 2. The second-order valence-electron chi connectivity index (χ2n) is 3.84. The molecule has 1 atom stereocenters. The van der Waals surface area contributed by atoms with E-state index in [1.165, 1.54) is 0 Å². The van der Waals surface area contributed by atoms with Crippen molar-refractivity contribution in [1.82, 2.24) is 5.32 Å². The van der Waals surface area contributed by atoms with Crippen molar-refractivity contribution >= 4 is 17.5 Å². The molecule has 0 fully saturated rings. The van der Waals surface area contributed by atoms with Gasteiger partial charge in [0.05, 0.1) is 18.3 Å². The number of anilines is 1. The van der Waals surface area contributed by atoms with Crippen LogP contribution in [-0.2, 0) is 9.59 Å². The molecule has 104 valence electrons. The molecule has 19 heavy (non-hydrogen) atoms. The summed E-state index contributed by atoms with van der Waals surface area (Å²) in [4.78, 5) is 22.9. The van der Waals surface area contributed by atoms with Crippen LogP contribution in [0.1, 0.15) is 13.3 Å². The number of benzene rings is 1. The Morgan fingerprint density at radius 2 is 2.00 bits per heavy atom. The maximum absolute atomic E-state index is 13.2. The minimum Gasteiger partial charge on any atom is -0.394 e. The maximum Gasteiger partial charge on any atom is 0.313 e. The van der Waals surface area contributed by atoms with Crippen LogP contribution < -0.4 is 10.6 Å². The first-order valence-electron chi connectivity index (χ1n) is 5.65. The van der Waals surface area contributed by atoms with E-state index in [2.05, 4.69) is 5.32 Å². The molecule has 0 spiro atoms. The van der Waals surface area contributed by atoms with E-state index in [1.54, 1.807) is 6.92 Å². The highest BCUT2D eigenvalue weighted by Gasteiger charge is 2.18. The maximum atomic E-state index is 13.2. The molecule has 0 bridgehead atoms. The number of hydrogen-bond donors (Lipinski definition) is 3. The van der Waals surface area contributed by atoms with Crippen LogP contribution in [0.15, 0.2) is 18.2 Å². The van der Waals surface area contributed by atoms with E-state index in [1.807, 2.05) is 5.32 Å². The summed E-state index contributed by atoms with van der Waals surface area (Å²) in [6.07, 6.45) is 0.445. The van der Waals surface area contributed by atoms with Crippen molar-refractivity contribution in [1.29, 1.82) is 0 Å². The molecule has 0 saturated carbocycles. The second kappa shape index (κ2) is 6.79. The van der Waals surface area contributed by atoms with Crippen LogP contribution >= 0.6 is 0 Å². The fourth-order valence-electron chi connectivity index (χ4n) is 1.30. The highest BCUT2D eigenvalue weighted by Crippen LogP contribution is 2.14. The Balaban J connectivity index is 2.66. The van der Waals surface area contributed by atoms with E-state index in [4.69, 9.17) is 5.11 Å². The summed E-state index contributed by atoms with van der Waals surface area (Å²) in [5, 5.41) is 13.2. The number of halogens is 2. The van der Waals surface area contributed by atoms with Gasteiger partial charge < -0.3 is 15.7 Å². The van der Waals surface area contributed by atoms with Crippen molar-refractivity contribution in [2.45, 2.75) is 19.4 Å². The Bertz CT molecular complexity index is 476. The molecule has 0 aromatic heterocycles. The van der Waals surface area contributed by atoms with E-state index in [0.717, 1.165) is 12.1 Å². The van der Waals surface area contributed by atoms with Crippen molar-refractivity contribution < 1.29 is 23.5 Å². The first kappa shape index (κ1) is 15.0. The number of nitrogens with one attached hydrogen (secondary N) is 2. The lowest BCUT2D eigenvalue weighted by molar-refractivity contribution is -0.136. The predicted molar refractivity (Wildman–Crippen MR) is 64.3 cm³/mol. The quantitative estimate of drug-likeness (QED) is 0.709. The Morgan fingerprint density at radius 1 is 1.32 bits per heavy atom. The molecule has 1 aromatic carbocycles. The van der Waals surface area contributed by atoms with Crippen LogP contribution in [-0.4, -0.2) is 29.6 Å². The summed E-state index contributed by atoms with van der Waals surface area (Å²) in [5.41, 5.74) is -0.293. The Hall–Kier alpha value is -2.02. The van der Waals surface area contributed by atoms with Crippen LogP contribution in [0.25, 0.3) is 0 Å². The normalized spacial score (nSPS) is 11.8. The monoisotopic (exact) mass is 272 g/mol. The third-order valence-electron chi connectivity index (χ3n) is 2.43. The van der Waals surface area contributed by atoms with Crippen molar-refractivity contribution in [3.05, 3.63) is 29.8 Å². The van der Waals surface area contributed by atoms with Gasteiger partial charge in [0.1, 0.15) is 11.6 Å². The predicted octanol–water partition coefficient (Wildman–Crippen LogP) is 0.790. The second-order valence-corrected chi connectivity index (χ2v) is 3.84. The fourth-order valence-corrected chi connectivity index (χ4v) is 1.30. The molecule has 0 saturated heterocycles. The molecule has 2 amide bonds. The summed E-state index contributed by atoms with van der Waals surface area (Å²) in [7, 11) is 0. The zero-order valence-corrected chi connectivity index (χ0v) is 10.2. The molecule has 0 aliphatic rings. The Kier molecular flexibility index (Phi) is 5.37. The van der Waals surface area contributed by atoms with Gasteiger partial charge in [-0.25, -0.2) is 8.78 Å². The van der Waals surface area contributed by atoms with E-state index in [0.29, 0.717) is 12.5 Å². The molecule has 0 aliphatic carbocycles. The molecule has 3 N–H and O–H groups in total. The zero-order valence-electron chi connectivity index (χ0n) is 10.2. The van der Waals surface area contributed by atoms with E-state index in [9.17, 15) is 18.4 Å². The molecule has 0 radical (unpaired) electrons. The molecule has 0 aliphatic heterocycles. The van der Waals surface area contributed by atoms with Gasteiger partial charge in [-0.2, -0.15) is 0 Å². The summed E-state index contributed by atoms with van der Waals surface area (Å²) >= 11 is 0. The fraction of sp³-hybridized carbons (Fsp3) is 0.333. The molecule has 1 aromatic rings. The number of carbonyl (C=O) groups excluding carboxylic acids is 2. The minimum atomic E-state index is -1.09. The van der Waals surface area contributed by atoms with Crippen LogP contribution in [0.4, 0.5) is 14.5 Å². The summed E-state index contributed by atoms with van der Waals surface area (Å²) in [5.74, 6) is -3.84. The SMILES string of the molecule is CC[C@@H](CO)NC(=O)C(=O)Nc1ccc(F)cc1F. The van der Waals surface area contributed by atoms with E-state index >= 15 is 0 Å². The lowest BCUT2D eigenvalue weighted by Gasteiger charge is -2.13. The Morgan fingerprint density at radius 3 is 2.53 bits per heavy atom. The molecule has 0 unspecified atom stereocenters.